The van der Waals surface area contributed by atoms with E-state index in [1.54, 1.807) is 6.92 Å². The van der Waals surface area contributed by atoms with E-state index < -0.39 is 29.9 Å². The maximum Gasteiger partial charge on any atom is 0.342 e. The van der Waals surface area contributed by atoms with Crippen molar-refractivity contribution in [2.24, 2.45) is 0 Å². The Morgan fingerprint density at radius 1 is 1.36 bits per heavy atom. The van der Waals surface area contributed by atoms with Gasteiger partial charge in [0.15, 0.2) is 0 Å². The van der Waals surface area contributed by atoms with Crippen molar-refractivity contribution < 1.29 is 34.0 Å². The largest absolute Gasteiger partial charge is 0.457 e. The fourth-order valence-electron chi connectivity index (χ4n) is 4.01. The summed E-state index contributed by atoms with van der Waals surface area (Å²) in [5.74, 6) is -0.871. The first-order chi connectivity index (χ1) is 13.2. The molecule has 1 aliphatic carbocycles. The van der Waals surface area contributed by atoms with E-state index in [4.69, 9.17) is 14.2 Å². The smallest absolute Gasteiger partial charge is 0.342 e. The first-order valence-corrected chi connectivity index (χ1v) is 10.1. The van der Waals surface area contributed by atoms with E-state index in [1.165, 1.54) is 6.08 Å². The zero-order valence-corrected chi connectivity index (χ0v) is 16.8. The fraction of sp³-hybridized carbons (Fsp3) is 0.714. The predicted molar refractivity (Wildman–Crippen MR) is 100 cm³/mol. The molecule has 0 aromatic heterocycles. The summed E-state index contributed by atoms with van der Waals surface area (Å²) in [7, 11) is 0. The van der Waals surface area contributed by atoms with Gasteiger partial charge in [-0.25, -0.2) is 4.79 Å². The summed E-state index contributed by atoms with van der Waals surface area (Å²) < 4.78 is 16.9. The lowest BCUT2D eigenvalue weighted by atomic mass is 9.86. The molecule has 7 nitrogen and oxygen atoms in total. The predicted octanol–water partition coefficient (Wildman–Crippen LogP) is 2.30. The average Bonchev–Trinajstić information content (AvgIpc) is 3.14. The third-order valence-electron chi connectivity index (χ3n) is 5.76. The number of hydrogen-bond acceptors (Lipinski definition) is 7. The van der Waals surface area contributed by atoms with Crippen molar-refractivity contribution in [2.75, 3.05) is 6.61 Å². The highest BCUT2D eigenvalue weighted by molar-refractivity contribution is 5.95. The molecule has 0 saturated carbocycles. The average molecular weight is 394 g/mol. The molecule has 0 spiro atoms. The molecule has 0 radical (unpaired) electrons. The van der Waals surface area contributed by atoms with E-state index in [-0.39, 0.29) is 23.4 Å². The molecule has 0 bridgehead atoms. The van der Waals surface area contributed by atoms with Gasteiger partial charge in [0, 0.05) is 18.4 Å². The quantitative estimate of drug-likeness (QED) is 0.404. The van der Waals surface area contributed by atoms with Crippen LogP contribution in [-0.4, -0.2) is 52.2 Å². The molecule has 0 aromatic rings. The molecule has 0 unspecified atom stereocenters. The van der Waals surface area contributed by atoms with Crippen LogP contribution in [0.1, 0.15) is 65.7 Å². The standard InChI is InChI=1S/C21H30O7/c1-4-5-6-7-17(23)26-15-11-21(3)16(28-21)8-9-20(2,25)10-14-18(15)13(12-22)19(24)27-14/h10,15-16,22,25H,4-9,11-12H2,1-3H3/b14-10+/t15-,16-,20+,21-/m0/s1. The molecule has 7 heteroatoms. The van der Waals surface area contributed by atoms with Gasteiger partial charge in [0.2, 0.25) is 0 Å². The van der Waals surface area contributed by atoms with E-state index in [0.29, 0.717) is 31.3 Å². The highest BCUT2D eigenvalue weighted by Gasteiger charge is 2.55. The Balaban J connectivity index is 1.95. The number of carbonyl (C=O) groups excluding carboxylic acids is 2. The van der Waals surface area contributed by atoms with Crippen molar-refractivity contribution in [1.29, 1.82) is 0 Å². The van der Waals surface area contributed by atoms with Crippen molar-refractivity contribution in [2.45, 2.75) is 89.1 Å². The van der Waals surface area contributed by atoms with Crippen LogP contribution in [-0.2, 0) is 23.8 Å². The minimum Gasteiger partial charge on any atom is -0.457 e. The summed E-state index contributed by atoms with van der Waals surface area (Å²) in [6, 6.07) is 0. The summed E-state index contributed by atoms with van der Waals surface area (Å²) in [6.45, 7) is 5.10. The van der Waals surface area contributed by atoms with Crippen LogP contribution in [0.5, 0.6) is 0 Å². The lowest BCUT2D eigenvalue weighted by Gasteiger charge is -2.26. The van der Waals surface area contributed by atoms with Gasteiger partial charge in [0.05, 0.1) is 29.5 Å². The Kier molecular flexibility index (Phi) is 5.98. The van der Waals surface area contributed by atoms with E-state index in [9.17, 15) is 19.8 Å². The molecule has 2 aliphatic heterocycles. The van der Waals surface area contributed by atoms with Crippen LogP contribution < -0.4 is 0 Å². The summed E-state index contributed by atoms with van der Waals surface area (Å²) in [5, 5.41) is 20.4. The van der Waals surface area contributed by atoms with Gasteiger partial charge in [0.1, 0.15) is 11.9 Å². The van der Waals surface area contributed by atoms with Gasteiger partial charge in [-0.05, 0) is 39.2 Å². The van der Waals surface area contributed by atoms with Crippen molar-refractivity contribution in [3.05, 3.63) is 23.0 Å². The molecule has 2 heterocycles. The Morgan fingerprint density at radius 2 is 2.11 bits per heavy atom. The fourth-order valence-corrected chi connectivity index (χ4v) is 4.01. The summed E-state index contributed by atoms with van der Waals surface area (Å²) in [5.41, 5.74) is -1.32. The van der Waals surface area contributed by atoms with Crippen molar-refractivity contribution in [3.8, 4) is 0 Å². The van der Waals surface area contributed by atoms with Crippen LogP contribution >= 0.6 is 0 Å². The van der Waals surface area contributed by atoms with Gasteiger partial charge >= 0.3 is 11.9 Å². The van der Waals surface area contributed by atoms with Crippen molar-refractivity contribution in [3.63, 3.8) is 0 Å². The van der Waals surface area contributed by atoms with Crippen molar-refractivity contribution >= 4 is 11.9 Å². The molecular formula is C21H30O7. The van der Waals surface area contributed by atoms with Gasteiger partial charge < -0.3 is 24.4 Å². The Labute approximate surface area is 165 Å². The topological polar surface area (TPSA) is 106 Å². The Bertz CT molecular complexity index is 706. The molecule has 2 N–H and O–H groups in total. The van der Waals surface area contributed by atoms with Crippen LogP contribution in [0.4, 0.5) is 0 Å². The minimum atomic E-state index is -1.22. The monoisotopic (exact) mass is 394 g/mol. The molecule has 156 valence electrons. The first-order valence-electron chi connectivity index (χ1n) is 10.1. The second kappa shape index (κ2) is 7.97. The molecular weight excluding hydrogens is 364 g/mol. The molecule has 3 rings (SSSR count). The van der Waals surface area contributed by atoms with Crippen LogP contribution in [0.3, 0.4) is 0 Å². The van der Waals surface area contributed by atoms with Crippen LogP contribution in [0.15, 0.2) is 23.0 Å². The summed E-state index contributed by atoms with van der Waals surface area (Å²) in [6.07, 6.45) is 5.05. The van der Waals surface area contributed by atoms with Gasteiger partial charge in [-0.2, -0.15) is 0 Å². The minimum absolute atomic E-state index is 0.0496. The molecule has 4 atom stereocenters. The third kappa shape index (κ3) is 4.47. The highest BCUT2D eigenvalue weighted by atomic mass is 16.6. The van der Waals surface area contributed by atoms with Gasteiger partial charge in [-0.3, -0.25) is 4.79 Å². The van der Waals surface area contributed by atoms with Gasteiger partial charge in [-0.1, -0.05) is 19.8 Å². The van der Waals surface area contributed by atoms with E-state index in [2.05, 4.69) is 6.92 Å². The van der Waals surface area contributed by atoms with Crippen LogP contribution in [0.25, 0.3) is 0 Å². The SMILES string of the molecule is CCCCCC(=O)O[C@H]1C[C@]2(C)O[C@H]2CC[C@@](C)(O)/C=C2/OC(=O)C(CO)=C21. The lowest BCUT2D eigenvalue weighted by molar-refractivity contribution is -0.148. The summed E-state index contributed by atoms with van der Waals surface area (Å²) in [4.78, 5) is 24.7. The molecule has 0 aromatic carbocycles. The zero-order valence-electron chi connectivity index (χ0n) is 16.8. The van der Waals surface area contributed by atoms with Gasteiger partial charge in [-0.15, -0.1) is 0 Å². The number of esters is 2. The van der Waals surface area contributed by atoms with E-state index in [0.717, 1.165) is 19.3 Å². The molecule has 0 amide bonds. The van der Waals surface area contributed by atoms with E-state index >= 15 is 0 Å². The number of aliphatic hydroxyl groups excluding tert-OH is 1. The Hall–Kier alpha value is -1.70. The second-order valence-electron chi connectivity index (χ2n) is 8.40. The van der Waals surface area contributed by atoms with Gasteiger partial charge in [0.25, 0.3) is 0 Å². The Morgan fingerprint density at radius 3 is 2.79 bits per heavy atom. The maximum absolute atomic E-state index is 12.4. The second-order valence-corrected chi connectivity index (χ2v) is 8.40. The molecule has 28 heavy (non-hydrogen) atoms. The maximum atomic E-state index is 12.4. The summed E-state index contributed by atoms with van der Waals surface area (Å²) >= 11 is 0. The highest BCUT2D eigenvalue weighted by Crippen LogP contribution is 2.48. The number of unbranched alkanes of at least 4 members (excludes halogenated alkanes) is 2. The number of carbonyl (C=O) groups is 2. The number of hydrogen-bond donors (Lipinski definition) is 2. The number of aliphatic hydroxyl groups is 2. The number of epoxide rings is 1. The normalized spacial score (nSPS) is 36.8. The van der Waals surface area contributed by atoms with E-state index in [1.807, 2.05) is 6.92 Å². The van der Waals surface area contributed by atoms with Crippen molar-refractivity contribution in [1.82, 2.24) is 0 Å². The number of ether oxygens (including phenoxy) is 3. The lowest BCUT2D eigenvalue weighted by Crippen LogP contribution is -2.31. The number of rotatable bonds is 6. The number of fused-ring (bicyclic) bond motifs is 2. The molecule has 3 aliphatic rings. The van der Waals surface area contributed by atoms with Crippen LogP contribution in [0, 0.1) is 0 Å². The molecule has 1 saturated heterocycles. The zero-order chi connectivity index (χ0) is 20.5. The third-order valence-corrected chi connectivity index (χ3v) is 5.76. The van der Waals surface area contributed by atoms with Crippen LogP contribution in [0.2, 0.25) is 0 Å². The molecule has 1 fully saturated rings. The first kappa shape index (κ1) is 21.0.